The highest BCUT2D eigenvalue weighted by Gasteiger charge is 2.13. The zero-order chi connectivity index (χ0) is 13.8. The van der Waals surface area contributed by atoms with Crippen molar-refractivity contribution in [3.8, 4) is 0 Å². The maximum atomic E-state index is 5.92. The molecule has 0 radical (unpaired) electrons. The zero-order valence-electron chi connectivity index (χ0n) is 11.2. The van der Waals surface area contributed by atoms with Gasteiger partial charge in [0.15, 0.2) is 0 Å². The van der Waals surface area contributed by atoms with E-state index in [0.29, 0.717) is 6.04 Å². The average molecular weight is 339 g/mol. The molecular formula is C15H19BrN2S. The van der Waals surface area contributed by atoms with Crippen LogP contribution in [0.5, 0.6) is 0 Å². The van der Waals surface area contributed by atoms with Gasteiger partial charge in [-0.1, -0.05) is 19.4 Å². The first-order chi connectivity index (χ1) is 9.11. The molecular weight excluding hydrogens is 320 g/mol. The Kier molecular flexibility index (Phi) is 4.88. The van der Waals surface area contributed by atoms with Crippen molar-refractivity contribution in [2.45, 2.75) is 32.7 Å². The molecule has 0 aliphatic heterocycles. The van der Waals surface area contributed by atoms with Crippen LogP contribution in [0.4, 0.5) is 11.4 Å². The summed E-state index contributed by atoms with van der Waals surface area (Å²) in [4.78, 5) is 1.38. The summed E-state index contributed by atoms with van der Waals surface area (Å²) in [6, 6.07) is 8.73. The van der Waals surface area contributed by atoms with Gasteiger partial charge in [0.1, 0.15) is 0 Å². The lowest BCUT2D eigenvalue weighted by Crippen LogP contribution is -2.10. The summed E-state index contributed by atoms with van der Waals surface area (Å²) >= 11 is 5.39. The molecule has 0 saturated heterocycles. The van der Waals surface area contributed by atoms with Crippen molar-refractivity contribution in [2.24, 2.45) is 0 Å². The number of nitrogen functional groups attached to an aromatic ring is 1. The number of anilines is 2. The predicted molar refractivity (Wildman–Crippen MR) is 88.9 cm³/mol. The number of hydrogen-bond donors (Lipinski definition) is 2. The summed E-state index contributed by atoms with van der Waals surface area (Å²) in [7, 11) is 0. The highest BCUT2D eigenvalue weighted by molar-refractivity contribution is 9.10. The second kappa shape index (κ2) is 6.44. The van der Waals surface area contributed by atoms with E-state index in [9.17, 15) is 0 Å². The van der Waals surface area contributed by atoms with Gasteiger partial charge in [-0.15, -0.1) is 11.3 Å². The molecule has 1 aromatic carbocycles. The lowest BCUT2D eigenvalue weighted by molar-refractivity contribution is 0.687. The minimum Gasteiger partial charge on any atom is -0.398 e. The molecule has 0 aliphatic rings. The van der Waals surface area contributed by atoms with E-state index in [1.165, 1.54) is 4.88 Å². The third-order valence-corrected chi connectivity index (χ3v) is 4.79. The van der Waals surface area contributed by atoms with Crippen LogP contribution in [0.25, 0.3) is 0 Å². The van der Waals surface area contributed by atoms with Crippen molar-refractivity contribution in [2.75, 3.05) is 11.1 Å². The standard InChI is InChI=1S/C15H19BrN2S/c1-3-5-13(15-6-4-7-19-15)18-14-8-10(2)12(17)9-11(14)16/h4,6-9,13,18H,3,5,17H2,1-2H3. The lowest BCUT2D eigenvalue weighted by Gasteiger charge is -2.20. The van der Waals surface area contributed by atoms with Crippen molar-refractivity contribution in [1.82, 2.24) is 0 Å². The molecule has 2 aromatic rings. The van der Waals surface area contributed by atoms with Gasteiger partial charge in [-0.3, -0.25) is 0 Å². The van der Waals surface area contributed by atoms with Crippen LogP contribution in [0, 0.1) is 6.92 Å². The first kappa shape index (κ1) is 14.4. The molecule has 2 nitrogen and oxygen atoms in total. The molecule has 4 heteroatoms. The van der Waals surface area contributed by atoms with E-state index < -0.39 is 0 Å². The number of halogens is 1. The van der Waals surface area contributed by atoms with Crippen LogP contribution in [0.1, 0.15) is 36.2 Å². The fourth-order valence-corrected chi connectivity index (χ4v) is 3.35. The topological polar surface area (TPSA) is 38.0 Å². The molecule has 19 heavy (non-hydrogen) atoms. The van der Waals surface area contributed by atoms with Gasteiger partial charge >= 0.3 is 0 Å². The molecule has 0 spiro atoms. The maximum absolute atomic E-state index is 5.92. The van der Waals surface area contributed by atoms with Gasteiger partial charge < -0.3 is 11.1 Å². The van der Waals surface area contributed by atoms with E-state index in [1.54, 1.807) is 11.3 Å². The number of nitrogens with two attached hydrogens (primary N) is 1. The fourth-order valence-electron chi connectivity index (χ4n) is 2.06. The van der Waals surface area contributed by atoms with Crippen molar-refractivity contribution in [3.05, 3.63) is 44.6 Å². The van der Waals surface area contributed by atoms with Crippen LogP contribution in [-0.4, -0.2) is 0 Å². The summed E-state index contributed by atoms with van der Waals surface area (Å²) < 4.78 is 1.02. The SMILES string of the molecule is CCCC(Nc1cc(C)c(N)cc1Br)c1cccs1. The number of rotatable bonds is 5. The van der Waals surface area contributed by atoms with Crippen molar-refractivity contribution >= 4 is 38.6 Å². The number of aryl methyl sites for hydroxylation is 1. The normalized spacial score (nSPS) is 12.4. The molecule has 0 aliphatic carbocycles. The molecule has 1 heterocycles. The summed E-state index contributed by atoms with van der Waals surface area (Å²) in [5.41, 5.74) is 8.95. The number of thiophene rings is 1. The van der Waals surface area contributed by atoms with Crippen LogP contribution >= 0.6 is 27.3 Å². The second-order valence-electron chi connectivity index (χ2n) is 4.69. The van der Waals surface area contributed by atoms with Gasteiger partial charge in [-0.2, -0.15) is 0 Å². The van der Waals surface area contributed by atoms with Gasteiger partial charge in [0.2, 0.25) is 0 Å². The van der Waals surface area contributed by atoms with E-state index >= 15 is 0 Å². The highest BCUT2D eigenvalue weighted by atomic mass is 79.9. The molecule has 0 fully saturated rings. The van der Waals surface area contributed by atoms with Crippen LogP contribution in [0.3, 0.4) is 0 Å². The van der Waals surface area contributed by atoms with Crippen molar-refractivity contribution < 1.29 is 0 Å². The van der Waals surface area contributed by atoms with Gasteiger partial charge in [-0.05, 0) is 58.4 Å². The molecule has 1 unspecified atom stereocenters. The number of benzene rings is 1. The molecule has 2 rings (SSSR count). The minimum absolute atomic E-state index is 0.365. The molecule has 102 valence electrons. The monoisotopic (exact) mass is 338 g/mol. The van der Waals surface area contributed by atoms with Crippen molar-refractivity contribution in [1.29, 1.82) is 0 Å². The summed E-state index contributed by atoms with van der Waals surface area (Å²) in [5.74, 6) is 0. The molecule has 1 aromatic heterocycles. The largest absolute Gasteiger partial charge is 0.398 e. The molecule has 3 N–H and O–H groups in total. The molecule has 0 saturated carbocycles. The van der Waals surface area contributed by atoms with Gasteiger partial charge in [0.05, 0.1) is 6.04 Å². The Hall–Kier alpha value is -1.00. The highest BCUT2D eigenvalue weighted by Crippen LogP contribution is 2.33. The molecule has 0 amide bonds. The maximum Gasteiger partial charge on any atom is 0.0606 e. The van der Waals surface area contributed by atoms with Gasteiger partial charge in [-0.25, -0.2) is 0 Å². The Bertz CT molecular complexity index is 537. The van der Waals surface area contributed by atoms with E-state index in [-0.39, 0.29) is 0 Å². The Morgan fingerprint density at radius 1 is 1.42 bits per heavy atom. The van der Waals surface area contributed by atoms with Crippen LogP contribution in [-0.2, 0) is 0 Å². The van der Waals surface area contributed by atoms with Crippen LogP contribution in [0.15, 0.2) is 34.1 Å². The summed E-state index contributed by atoms with van der Waals surface area (Å²) in [5, 5.41) is 5.75. The zero-order valence-corrected chi connectivity index (χ0v) is 13.6. The fraction of sp³-hybridized carbons (Fsp3) is 0.333. The van der Waals surface area contributed by atoms with Crippen molar-refractivity contribution in [3.63, 3.8) is 0 Å². The molecule has 1 atom stereocenters. The van der Waals surface area contributed by atoms with E-state index in [2.05, 4.69) is 51.7 Å². The lowest BCUT2D eigenvalue weighted by atomic mass is 10.1. The first-order valence-electron chi connectivity index (χ1n) is 6.47. The summed E-state index contributed by atoms with van der Waals surface area (Å²) in [6.07, 6.45) is 2.28. The summed E-state index contributed by atoms with van der Waals surface area (Å²) in [6.45, 7) is 4.25. The Morgan fingerprint density at radius 3 is 2.84 bits per heavy atom. The van der Waals surface area contributed by atoms with Crippen LogP contribution < -0.4 is 11.1 Å². The third kappa shape index (κ3) is 3.51. The second-order valence-corrected chi connectivity index (χ2v) is 6.52. The third-order valence-electron chi connectivity index (χ3n) is 3.15. The molecule has 0 bridgehead atoms. The van der Waals surface area contributed by atoms with E-state index in [0.717, 1.165) is 34.3 Å². The van der Waals surface area contributed by atoms with E-state index in [4.69, 9.17) is 5.73 Å². The van der Waals surface area contributed by atoms with Gasteiger partial charge in [0, 0.05) is 20.7 Å². The first-order valence-corrected chi connectivity index (χ1v) is 8.14. The minimum atomic E-state index is 0.365. The Labute approximate surface area is 127 Å². The van der Waals surface area contributed by atoms with E-state index in [1.807, 2.05) is 13.0 Å². The smallest absolute Gasteiger partial charge is 0.0606 e. The quantitative estimate of drug-likeness (QED) is 0.720. The number of hydrogen-bond acceptors (Lipinski definition) is 3. The van der Waals surface area contributed by atoms with Gasteiger partial charge in [0.25, 0.3) is 0 Å². The average Bonchev–Trinajstić information content (AvgIpc) is 2.89. The Balaban J connectivity index is 2.24. The Morgan fingerprint density at radius 2 is 2.21 bits per heavy atom. The predicted octanol–water partition coefficient (Wildman–Crippen LogP) is 5.35. The van der Waals surface area contributed by atoms with Crippen LogP contribution in [0.2, 0.25) is 0 Å². The number of nitrogens with one attached hydrogen (secondary N) is 1.